The van der Waals surface area contributed by atoms with Gasteiger partial charge in [-0.15, -0.1) is 0 Å². The first-order valence-electron chi connectivity index (χ1n) is 4.09. The van der Waals surface area contributed by atoms with Gasteiger partial charge in [0.15, 0.2) is 0 Å². The number of pyridine rings is 2. The quantitative estimate of drug-likeness (QED) is 0.791. The van der Waals surface area contributed by atoms with Crippen LogP contribution in [0.4, 0.5) is 5.69 Å². The summed E-state index contributed by atoms with van der Waals surface area (Å²) in [7, 11) is 0. The molecule has 0 fully saturated rings. The highest BCUT2D eigenvalue weighted by molar-refractivity contribution is 9.10. The fourth-order valence-corrected chi connectivity index (χ4v) is 1.56. The zero-order chi connectivity index (χ0) is 9.97. The third kappa shape index (κ3) is 1.75. The second-order valence-electron chi connectivity index (χ2n) is 2.84. The van der Waals surface area contributed by atoms with E-state index in [-0.39, 0.29) is 0 Å². The van der Waals surface area contributed by atoms with Crippen LogP contribution in [-0.4, -0.2) is 9.97 Å². The van der Waals surface area contributed by atoms with E-state index in [0.29, 0.717) is 5.69 Å². The molecule has 0 aliphatic carbocycles. The van der Waals surface area contributed by atoms with Gasteiger partial charge in [0.2, 0.25) is 0 Å². The van der Waals surface area contributed by atoms with Gasteiger partial charge in [0, 0.05) is 35.4 Å². The molecule has 0 bridgehead atoms. The van der Waals surface area contributed by atoms with Crippen molar-refractivity contribution < 1.29 is 0 Å². The average Bonchev–Trinajstić information content (AvgIpc) is 2.19. The molecule has 0 amide bonds. The van der Waals surface area contributed by atoms with Crippen molar-refractivity contribution in [3.63, 3.8) is 0 Å². The Bertz CT molecular complexity index is 442. The zero-order valence-electron chi connectivity index (χ0n) is 7.31. The number of halogens is 1. The largest absolute Gasteiger partial charge is 0.398 e. The predicted octanol–water partition coefficient (Wildman–Crippen LogP) is 2.49. The van der Waals surface area contributed by atoms with Crippen molar-refractivity contribution in [1.29, 1.82) is 0 Å². The molecule has 0 spiro atoms. The van der Waals surface area contributed by atoms with E-state index in [1.54, 1.807) is 24.7 Å². The summed E-state index contributed by atoms with van der Waals surface area (Å²) in [6, 6.07) is 5.60. The summed E-state index contributed by atoms with van der Waals surface area (Å²) in [4.78, 5) is 8.15. The molecule has 2 N–H and O–H groups in total. The van der Waals surface area contributed by atoms with Crippen LogP contribution in [0.1, 0.15) is 0 Å². The van der Waals surface area contributed by atoms with Gasteiger partial charge in [0.05, 0.1) is 0 Å². The van der Waals surface area contributed by atoms with Crippen molar-refractivity contribution in [2.75, 3.05) is 5.73 Å². The van der Waals surface area contributed by atoms with Gasteiger partial charge in [-0.3, -0.25) is 4.98 Å². The number of nitrogens with zero attached hydrogens (tertiary/aromatic N) is 2. The molecule has 14 heavy (non-hydrogen) atoms. The predicted molar refractivity (Wildman–Crippen MR) is 59.6 cm³/mol. The first-order valence-corrected chi connectivity index (χ1v) is 4.88. The molecule has 0 saturated carbocycles. The van der Waals surface area contributed by atoms with Crippen LogP contribution in [0.5, 0.6) is 0 Å². The van der Waals surface area contributed by atoms with Crippen LogP contribution in [0.25, 0.3) is 11.1 Å². The van der Waals surface area contributed by atoms with E-state index in [2.05, 4.69) is 25.9 Å². The van der Waals surface area contributed by atoms with Crippen LogP contribution in [0, 0.1) is 0 Å². The summed E-state index contributed by atoms with van der Waals surface area (Å²) in [5.41, 5.74) is 8.43. The maximum atomic E-state index is 5.86. The minimum absolute atomic E-state index is 0.694. The fourth-order valence-electron chi connectivity index (χ4n) is 1.21. The maximum absolute atomic E-state index is 5.86. The van der Waals surface area contributed by atoms with E-state index in [1.807, 2.05) is 12.1 Å². The van der Waals surface area contributed by atoms with E-state index in [0.717, 1.165) is 15.7 Å². The molecule has 0 aliphatic heterocycles. The molecule has 0 aromatic carbocycles. The summed E-state index contributed by atoms with van der Waals surface area (Å²) in [6.07, 6.45) is 5.23. The Morgan fingerprint density at radius 1 is 1.29 bits per heavy atom. The molecule has 0 radical (unpaired) electrons. The highest BCUT2D eigenvalue weighted by atomic mass is 79.9. The Morgan fingerprint density at radius 3 is 2.79 bits per heavy atom. The molecule has 0 saturated heterocycles. The zero-order valence-corrected chi connectivity index (χ0v) is 8.90. The Hall–Kier alpha value is -1.42. The molecule has 2 heterocycles. The van der Waals surface area contributed by atoms with E-state index in [1.165, 1.54) is 0 Å². The number of nitrogens with two attached hydrogens (primary N) is 1. The number of nitrogen functional groups attached to an aromatic ring is 1. The molecular weight excluding hydrogens is 242 g/mol. The van der Waals surface area contributed by atoms with Gasteiger partial charge < -0.3 is 5.73 Å². The van der Waals surface area contributed by atoms with Gasteiger partial charge in [0.25, 0.3) is 0 Å². The summed E-state index contributed by atoms with van der Waals surface area (Å²) in [5, 5.41) is 0. The maximum Gasteiger partial charge on any atom is 0.108 e. The Kier molecular flexibility index (Phi) is 2.45. The second-order valence-corrected chi connectivity index (χ2v) is 3.65. The smallest absolute Gasteiger partial charge is 0.108 e. The molecule has 0 atom stereocenters. The lowest BCUT2D eigenvalue weighted by atomic mass is 10.1. The van der Waals surface area contributed by atoms with Gasteiger partial charge in [0.1, 0.15) is 4.60 Å². The molecule has 3 nitrogen and oxygen atoms in total. The van der Waals surface area contributed by atoms with Crippen LogP contribution < -0.4 is 5.73 Å². The van der Waals surface area contributed by atoms with Crippen LogP contribution >= 0.6 is 15.9 Å². The van der Waals surface area contributed by atoms with Crippen molar-refractivity contribution in [3.05, 3.63) is 41.4 Å². The SMILES string of the molecule is Nc1cc(Br)ncc1-c1cccnc1. The van der Waals surface area contributed by atoms with Gasteiger partial charge in [-0.05, 0) is 28.1 Å². The standard InChI is InChI=1S/C10H8BrN3/c11-10-4-9(12)8(6-14-10)7-2-1-3-13-5-7/h1-6H,(H2,12,14). The number of anilines is 1. The molecule has 0 unspecified atom stereocenters. The number of rotatable bonds is 1. The minimum Gasteiger partial charge on any atom is -0.398 e. The third-order valence-electron chi connectivity index (χ3n) is 1.88. The molecule has 0 aliphatic rings. The van der Waals surface area contributed by atoms with Gasteiger partial charge >= 0.3 is 0 Å². The van der Waals surface area contributed by atoms with E-state index < -0.39 is 0 Å². The van der Waals surface area contributed by atoms with E-state index in [4.69, 9.17) is 5.73 Å². The summed E-state index contributed by atoms with van der Waals surface area (Å²) in [5.74, 6) is 0. The Morgan fingerprint density at radius 2 is 2.14 bits per heavy atom. The molecule has 70 valence electrons. The highest BCUT2D eigenvalue weighted by Crippen LogP contribution is 2.25. The van der Waals surface area contributed by atoms with Gasteiger partial charge in [-0.1, -0.05) is 6.07 Å². The number of aromatic nitrogens is 2. The molecule has 2 aromatic heterocycles. The number of hydrogen-bond acceptors (Lipinski definition) is 3. The monoisotopic (exact) mass is 249 g/mol. The molecule has 2 rings (SSSR count). The second kappa shape index (κ2) is 3.75. The summed E-state index contributed by atoms with van der Waals surface area (Å²) < 4.78 is 0.739. The topological polar surface area (TPSA) is 51.8 Å². The summed E-state index contributed by atoms with van der Waals surface area (Å²) in [6.45, 7) is 0. The molecule has 4 heteroatoms. The fraction of sp³-hybridized carbons (Fsp3) is 0. The Labute approximate surface area is 90.1 Å². The van der Waals surface area contributed by atoms with Gasteiger partial charge in [-0.2, -0.15) is 0 Å². The molecular formula is C10H8BrN3. The van der Waals surface area contributed by atoms with Gasteiger partial charge in [-0.25, -0.2) is 4.98 Å². The summed E-state index contributed by atoms with van der Waals surface area (Å²) >= 11 is 3.26. The first-order chi connectivity index (χ1) is 6.77. The van der Waals surface area contributed by atoms with Crippen LogP contribution in [-0.2, 0) is 0 Å². The van der Waals surface area contributed by atoms with E-state index in [9.17, 15) is 0 Å². The van der Waals surface area contributed by atoms with Crippen molar-refractivity contribution in [2.45, 2.75) is 0 Å². The van der Waals surface area contributed by atoms with Crippen LogP contribution in [0.15, 0.2) is 41.4 Å². The van der Waals surface area contributed by atoms with E-state index >= 15 is 0 Å². The average molecular weight is 250 g/mol. The lowest BCUT2D eigenvalue weighted by Gasteiger charge is -2.04. The first kappa shape index (κ1) is 9.15. The Balaban J connectivity index is 2.53. The van der Waals surface area contributed by atoms with Crippen molar-refractivity contribution in [3.8, 4) is 11.1 Å². The highest BCUT2D eigenvalue weighted by Gasteiger charge is 2.02. The van der Waals surface area contributed by atoms with Crippen molar-refractivity contribution in [1.82, 2.24) is 9.97 Å². The van der Waals surface area contributed by atoms with Crippen molar-refractivity contribution in [2.24, 2.45) is 0 Å². The lowest BCUT2D eigenvalue weighted by Crippen LogP contribution is -1.92. The third-order valence-corrected chi connectivity index (χ3v) is 2.31. The lowest BCUT2D eigenvalue weighted by molar-refractivity contribution is 1.27. The van der Waals surface area contributed by atoms with Crippen molar-refractivity contribution >= 4 is 21.6 Å². The normalized spacial score (nSPS) is 10.1. The minimum atomic E-state index is 0.694. The van der Waals surface area contributed by atoms with Crippen LogP contribution in [0.2, 0.25) is 0 Å². The molecule has 2 aromatic rings. The van der Waals surface area contributed by atoms with Crippen LogP contribution in [0.3, 0.4) is 0 Å². The number of hydrogen-bond donors (Lipinski definition) is 1.